The first-order chi connectivity index (χ1) is 16.7. The maximum Gasteiger partial charge on any atom is 0.289 e. The molecule has 0 aliphatic carbocycles. The number of piperidine rings is 1. The van der Waals surface area contributed by atoms with Gasteiger partial charge in [-0.05, 0) is 38.1 Å². The molecule has 0 saturated carbocycles. The van der Waals surface area contributed by atoms with E-state index in [0.717, 1.165) is 11.4 Å². The number of nitrogens with one attached hydrogen (secondary N) is 1. The van der Waals surface area contributed by atoms with Crippen molar-refractivity contribution in [2.45, 2.75) is 44.4 Å². The number of hydrogen-bond donors (Lipinski definition) is 1. The summed E-state index contributed by atoms with van der Waals surface area (Å²) in [4.78, 5) is 40.8. The van der Waals surface area contributed by atoms with Gasteiger partial charge in [-0.15, -0.1) is 0 Å². The van der Waals surface area contributed by atoms with E-state index in [1.165, 1.54) is 6.08 Å². The average molecular weight is 475 g/mol. The smallest absolute Gasteiger partial charge is 0.289 e. The van der Waals surface area contributed by atoms with E-state index in [2.05, 4.69) is 5.32 Å². The van der Waals surface area contributed by atoms with Gasteiger partial charge in [0.2, 0.25) is 0 Å². The van der Waals surface area contributed by atoms with Gasteiger partial charge in [-0.1, -0.05) is 30.3 Å². The maximum absolute atomic E-state index is 13.8. The lowest BCUT2D eigenvalue weighted by Crippen LogP contribution is -2.68. The van der Waals surface area contributed by atoms with Gasteiger partial charge in [-0.3, -0.25) is 19.4 Å². The van der Waals surface area contributed by atoms with Gasteiger partial charge < -0.3 is 15.0 Å². The molecule has 8 heteroatoms. The molecule has 3 aliphatic heterocycles. The van der Waals surface area contributed by atoms with Crippen molar-refractivity contribution in [1.29, 1.82) is 0 Å². The first-order valence-corrected chi connectivity index (χ1v) is 11.9. The van der Waals surface area contributed by atoms with E-state index in [0.29, 0.717) is 31.5 Å². The zero-order valence-corrected chi connectivity index (χ0v) is 20.3. The van der Waals surface area contributed by atoms with Crippen molar-refractivity contribution in [3.63, 3.8) is 0 Å². The molecular weight excluding hydrogens is 444 g/mol. The number of hydrazine groups is 1. The van der Waals surface area contributed by atoms with E-state index in [-0.39, 0.29) is 29.8 Å². The van der Waals surface area contributed by atoms with Crippen LogP contribution in [0.5, 0.6) is 0 Å². The fraction of sp³-hybridized carbons (Fsp3) is 0.370. The number of nitrogens with zero attached hydrogens (tertiary/aromatic N) is 3. The molecular formula is C27H30N4O4. The molecule has 0 radical (unpaired) electrons. The molecule has 1 saturated heterocycles. The maximum atomic E-state index is 13.8. The number of ketones is 1. The number of rotatable bonds is 3. The van der Waals surface area contributed by atoms with Crippen molar-refractivity contribution >= 4 is 29.0 Å². The lowest BCUT2D eigenvalue weighted by Gasteiger charge is -2.54. The SMILES string of the molecule is CN(c1ccccc1)N1C(=O)c2ccccc2NC12CCN(C(=O)C1=CC(=O)CC(C)(C)O1)CC2. The third-order valence-electron chi connectivity index (χ3n) is 6.92. The number of amides is 2. The minimum Gasteiger partial charge on any atom is -0.481 e. The van der Waals surface area contributed by atoms with Crippen molar-refractivity contribution in [1.82, 2.24) is 9.91 Å². The summed E-state index contributed by atoms with van der Waals surface area (Å²) in [6, 6.07) is 17.3. The Bertz CT molecular complexity index is 1200. The van der Waals surface area contributed by atoms with Gasteiger partial charge in [0.1, 0.15) is 11.3 Å². The Morgan fingerprint density at radius 1 is 1.00 bits per heavy atom. The molecule has 182 valence electrons. The summed E-state index contributed by atoms with van der Waals surface area (Å²) in [6.07, 6.45) is 2.59. The number of benzene rings is 2. The first-order valence-electron chi connectivity index (χ1n) is 11.9. The van der Waals surface area contributed by atoms with Crippen LogP contribution in [-0.4, -0.2) is 58.9 Å². The Kier molecular flexibility index (Phi) is 5.54. The summed E-state index contributed by atoms with van der Waals surface area (Å²) in [5.74, 6) is -0.383. The fourth-order valence-electron chi connectivity index (χ4n) is 5.23. The Morgan fingerprint density at radius 2 is 1.66 bits per heavy atom. The van der Waals surface area contributed by atoms with Crippen molar-refractivity contribution in [2.75, 3.05) is 30.5 Å². The Balaban J connectivity index is 1.43. The molecule has 3 aliphatic rings. The number of hydrogen-bond acceptors (Lipinski definition) is 6. The van der Waals surface area contributed by atoms with Crippen molar-refractivity contribution < 1.29 is 19.1 Å². The van der Waals surface area contributed by atoms with Gasteiger partial charge in [-0.25, -0.2) is 5.01 Å². The van der Waals surface area contributed by atoms with Crippen LogP contribution in [0.15, 0.2) is 66.4 Å². The number of ether oxygens (including phenoxy) is 1. The van der Waals surface area contributed by atoms with E-state index in [1.807, 2.05) is 80.5 Å². The van der Waals surface area contributed by atoms with Gasteiger partial charge in [-0.2, -0.15) is 0 Å². The largest absolute Gasteiger partial charge is 0.481 e. The van der Waals surface area contributed by atoms with Crippen LogP contribution in [0.3, 0.4) is 0 Å². The quantitative estimate of drug-likeness (QED) is 0.732. The predicted octanol–water partition coefficient (Wildman–Crippen LogP) is 3.58. The Morgan fingerprint density at radius 3 is 2.34 bits per heavy atom. The molecule has 1 spiro atoms. The van der Waals surface area contributed by atoms with Crippen LogP contribution in [-0.2, 0) is 14.3 Å². The monoisotopic (exact) mass is 474 g/mol. The molecule has 35 heavy (non-hydrogen) atoms. The standard InChI is InChI=1S/C27H30N4O4/c1-26(2)18-20(32)17-23(35-26)25(34)30-15-13-27(14-16-30)28-22-12-8-7-11-21(22)24(33)31(27)29(3)19-9-5-4-6-10-19/h4-12,17,28H,13-16,18H2,1-3H3. The zero-order chi connectivity index (χ0) is 24.8. The van der Waals surface area contributed by atoms with Gasteiger partial charge in [0.15, 0.2) is 11.5 Å². The molecule has 0 unspecified atom stereocenters. The molecule has 0 aromatic heterocycles. The summed E-state index contributed by atoms with van der Waals surface area (Å²) < 4.78 is 5.84. The second kappa shape index (κ2) is 8.45. The summed E-state index contributed by atoms with van der Waals surface area (Å²) >= 11 is 0. The summed E-state index contributed by atoms with van der Waals surface area (Å²) in [7, 11) is 1.89. The highest BCUT2D eigenvalue weighted by molar-refractivity contribution is 6.03. The summed E-state index contributed by atoms with van der Waals surface area (Å²) in [6.45, 7) is 4.44. The molecule has 0 bridgehead atoms. The van der Waals surface area contributed by atoms with E-state index in [1.54, 1.807) is 9.91 Å². The van der Waals surface area contributed by atoms with Crippen LogP contribution in [0.25, 0.3) is 0 Å². The normalized spacial score (nSPS) is 20.5. The molecule has 5 rings (SSSR count). The van der Waals surface area contributed by atoms with E-state index in [4.69, 9.17) is 4.74 Å². The number of carbonyl (C=O) groups is 3. The lowest BCUT2D eigenvalue weighted by atomic mass is 9.91. The number of carbonyl (C=O) groups excluding carboxylic acids is 3. The topological polar surface area (TPSA) is 82.2 Å². The van der Waals surface area contributed by atoms with Crippen LogP contribution in [0.2, 0.25) is 0 Å². The van der Waals surface area contributed by atoms with E-state index in [9.17, 15) is 14.4 Å². The minimum atomic E-state index is -0.705. The third-order valence-corrected chi connectivity index (χ3v) is 6.92. The van der Waals surface area contributed by atoms with Gasteiger partial charge in [0, 0.05) is 51.2 Å². The molecule has 0 atom stereocenters. The molecule has 2 aromatic rings. The number of anilines is 2. The summed E-state index contributed by atoms with van der Waals surface area (Å²) in [5, 5.41) is 7.30. The Hall–Kier alpha value is -3.81. The average Bonchev–Trinajstić information content (AvgIpc) is 2.83. The van der Waals surface area contributed by atoms with Crippen LogP contribution < -0.4 is 10.3 Å². The van der Waals surface area contributed by atoms with E-state index < -0.39 is 11.3 Å². The van der Waals surface area contributed by atoms with Gasteiger partial charge in [0.25, 0.3) is 11.8 Å². The van der Waals surface area contributed by atoms with Gasteiger partial charge >= 0.3 is 0 Å². The minimum absolute atomic E-state index is 0.0869. The van der Waals surface area contributed by atoms with Crippen LogP contribution in [0.4, 0.5) is 11.4 Å². The Labute approximate surface area is 205 Å². The third kappa shape index (κ3) is 4.13. The predicted molar refractivity (Wildman–Crippen MR) is 132 cm³/mol. The number of fused-ring (bicyclic) bond motifs is 1. The highest BCUT2D eigenvalue weighted by Crippen LogP contribution is 2.40. The molecule has 8 nitrogen and oxygen atoms in total. The van der Waals surface area contributed by atoms with Crippen molar-refractivity contribution in [3.8, 4) is 0 Å². The van der Waals surface area contributed by atoms with Crippen molar-refractivity contribution in [3.05, 3.63) is 72.0 Å². The number of likely N-dealkylation sites (tertiary alicyclic amines) is 1. The number of allylic oxidation sites excluding steroid dienone is 1. The molecule has 2 aromatic carbocycles. The summed E-state index contributed by atoms with van der Waals surface area (Å²) in [5.41, 5.74) is 0.885. The second-order valence-electron chi connectivity index (χ2n) is 9.98. The van der Waals surface area contributed by atoms with Gasteiger partial charge in [0.05, 0.1) is 11.3 Å². The second-order valence-corrected chi connectivity index (χ2v) is 9.98. The molecule has 1 N–H and O–H groups in total. The van der Waals surface area contributed by atoms with Crippen LogP contribution in [0.1, 0.15) is 43.5 Å². The zero-order valence-electron chi connectivity index (χ0n) is 20.3. The highest BCUT2D eigenvalue weighted by atomic mass is 16.5. The van der Waals surface area contributed by atoms with Crippen molar-refractivity contribution in [2.24, 2.45) is 0 Å². The number of para-hydroxylation sites is 2. The van der Waals surface area contributed by atoms with Crippen LogP contribution in [0, 0.1) is 0 Å². The highest BCUT2D eigenvalue weighted by Gasteiger charge is 2.49. The van der Waals surface area contributed by atoms with E-state index >= 15 is 0 Å². The molecule has 3 heterocycles. The first kappa shape index (κ1) is 23.0. The fourth-order valence-corrected chi connectivity index (χ4v) is 5.23. The van der Waals surface area contributed by atoms with Crippen LogP contribution >= 0.6 is 0 Å². The molecule has 1 fully saturated rings. The lowest BCUT2D eigenvalue weighted by molar-refractivity contribution is -0.140. The molecule has 2 amide bonds.